The van der Waals surface area contributed by atoms with Crippen molar-refractivity contribution >= 4 is 11.9 Å². The minimum atomic E-state index is -0.797. The highest BCUT2D eigenvalue weighted by atomic mass is 16.5. The first-order valence-electron chi connectivity index (χ1n) is 8.54. The number of ether oxygens (including phenoxy) is 1. The lowest BCUT2D eigenvalue weighted by Gasteiger charge is -2.23. The molecule has 1 aliphatic carbocycles. The molecule has 3 atom stereocenters. The number of carboxylic acid groups (broad SMARTS) is 1. The Hall–Kier alpha value is -1.10. The summed E-state index contributed by atoms with van der Waals surface area (Å²) >= 11 is 0. The van der Waals surface area contributed by atoms with E-state index >= 15 is 0 Å². The van der Waals surface area contributed by atoms with Crippen molar-refractivity contribution in [2.24, 2.45) is 11.8 Å². The van der Waals surface area contributed by atoms with Crippen molar-refractivity contribution in [1.82, 2.24) is 5.32 Å². The van der Waals surface area contributed by atoms with Crippen LogP contribution in [0.4, 0.5) is 0 Å². The molecule has 0 aromatic heterocycles. The fourth-order valence-electron chi connectivity index (χ4n) is 3.14. The van der Waals surface area contributed by atoms with Crippen LogP contribution in [0.2, 0.25) is 0 Å². The Morgan fingerprint density at radius 3 is 2.50 bits per heavy atom. The number of aliphatic carboxylic acids is 1. The van der Waals surface area contributed by atoms with Crippen molar-refractivity contribution in [3.8, 4) is 0 Å². The number of hydrogen-bond donors (Lipinski definition) is 2. The molecule has 128 valence electrons. The van der Waals surface area contributed by atoms with Crippen LogP contribution in [-0.4, -0.2) is 35.7 Å². The largest absolute Gasteiger partial charge is 0.481 e. The van der Waals surface area contributed by atoms with Crippen LogP contribution in [0, 0.1) is 11.8 Å². The molecule has 1 saturated carbocycles. The van der Waals surface area contributed by atoms with Crippen LogP contribution >= 0.6 is 0 Å². The van der Waals surface area contributed by atoms with Gasteiger partial charge in [0.15, 0.2) is 0 Å². The molecule has 0 radical (unpaired) electrons. The van der Waals surface area contributed by atoms with Crippen LogP contribution in [0.15, 0.2) is 0 Å². The Morgan fingerprint density at radius 2 is 1.86 bits per heavy atom. The Balaban J connectivity index is 2.34. The number of carboxylic acids is 1. The molecule has 5 heteroatoms. The second-order valence-electron chi connectivity index (χ2n) is 6.82. The molecule has 0 aliphatic heterocycles. The van der Waals surface area contributed by atoms with Gasteiger partial charge < -0.3 is 15.2 Å². The fourth-order valence-corrected chi connectivity index (χ4v) is 3.14. The normalized spacial score (nSPS) is 23.8. The summed E-state index contributed by atoms with van der Waals surface area (Å²) < 4.78 is 5.63. The fraction of sp³-hybridized carbons (Fsp3) is 0.882. The third-order valence-corrected chi connectivity index (χ3v) is 4.21. The molecule has 22 heavy (non-hydrogen) atoms. The zero-order chi connectivity index (χ0) is 16.5. The van der Waals surface area contributed by atoms with Gasteiger partial charge in [0, 0.05) is 12.5 Å². The number of rotatable bonds is 8. The Bertz CT molecular complexity index is 357. The molecule has 2 N–H and O–H groups in total. The van der Waals surface area contributed by atoms with Gasteiger partial charge in [0.1, 0.15) is 0 Å². The number of hydrogen-bond acceptors (Lipinski definition) is 3. The van der Waals surface area contributed by atoms with Gasteiger partial charge in [-0.2, -0.15) is 0 Å². The number of amides is 1. The quantitative estimate of drug-likeness (QED) is 0.676. The average molecular weight is 313 g/mol. The average Bonchev–Trinajstić information content (AvgIpc) is 2.63. The zero-order valence-electron chi connectivity index (χ0n) is 14.1. The summed E-state index contributed by atoms with van der Waals surface area (Å²) in [5.74, 6) is -0.776. The van der Waals surface area contributed by atoms with E-state index in [-0.39, 0.29) is 18.1 Å². The number of carbonyl (C=O) groups is 2. The lowest BCUT2D eigenvalue weighted by atomic mass is 9.95. The van der Waals surface area contributed by atoms with Crippen LogP contribution in [0.3, 0.4) is 0 Å². The predicted molar refractivity (Wildman–Crippen MR) is 85.6 cm³/mol. The first-order valence-corrected chi connectivity index (χ1v) is 8.54. The molecule has 0 saturated heterocycles. The SMILES string of the molecule is CC(C)CC(C)OCCC(=O)N[C@H]1CCCCC[C@H]1C(=O)O. The summed E-state index contributed by atoms with van der Waals surface area (Å²) in [6.07, 6.45) is 5.80. The van der Waals surface area contributed by atoms with Gasteiger partial charge in [-0.05, 0) is 32.1 Å². The molecule has 0 spiro atoms. The maximum absolute atomic E-state index is 12.0. The van der Waals surface area contributed by atoms with Crippen LogP contribution in [-0.2, 0) is 14.3 Å². The topological polar surface area (TPSA) is 75.6 Å². The third kappa shape index (κ3) is 7.25. The van der Waals surface area contributed by atoms with Gasteiger partial charge in [0.2, 0.25) is 5.91 Å². The van der Waals surface area contributed by atoms with Crippen LogP contribution in [0.25, 0.3) is 0 Å². The molecular formula is C17H31NO4. The van der Waals surface area contributed by atoms with E-state index in [1.54, 1.807) is 0 Å². The maximum atomic E-state index is 12.0. The second kappa shape index (κ2) is 9.82. The van der Waals surface area contributed by atoms with Gasteiger partial charge in [0.25, 0.3) is 0 Å². The molecule has 1 amide bonds. The van der Waals surface area contributed by atoms with E-state index in [2.05, 4.69) is 19.2 Å². The molecule has 0 aromatic rings. The van der Waals surface area contributed by atoms with Gasteiger partial charge in [-0.15, -0.1) is 0 Å². The summed E-state index contributed by atoms with van der Waals surface area (Å²) in [4.78, 5) is 23.3. The van der Waals surface area contributed by atoms with Crippen LogP contribution in [0.5, 0.6) is 0 Å². The highest BCUT2D eigenvalue weighted by Gasteiger charge is 2.30. The van der Waals surface area contributed by atoms with Crippen molar-refractivity contribution in [3.05, 3.63) is 0 Å². The summed E-state index contributed by atoms with van der Waals surface area (Å²) in [6.45, 7) is 6.70. The van der Waals surface area contributed by atoms with Gasteiger partial charge in [-0.25, -0.2) is 0 Å². The van der Waals surface area contributed by atoms with Gasteiger partial charge in [0.05, 0.1) is 18.6 Å². The minimum absolute atomic E-state index is 0.102. The maximum Gasteiger partial charge on any atom is 0.308 e. The summed E-state index contributed by atoms with van der Waals surface area (Å²) in [5, 5.41) is 12.2. The number of carbonyl (C=O) groups excluding carboxylic acids is 1. The summed E-state index contributed by atoms with van der Waals surface area (Å²) in [7, 11) is 0. The molecule has 0 aromatic carbocycles. The van der Waals surface area contributed by atoms with Gasteiger partial charge in [-0.1, -0.05) is 33.1 Å². The van der Waals surface area contributed by atoms with Gasteiger partial charge >= 0.3 is 5.97 Å². The lowest BCUT2D eigenvalue weighted by molar-refractivity contribution is -0.143. The van der Waals surface area contributed by atoms with E-state index < -0.39 is 11.9 Å². The molecular weight excluding hydrogens is 282 g/mol. The monoisotopic (exact) mass is 313 g/mol. The Labute approximate surface area is 133 Å². The Kier molecular flexibility index (Phi) is 8.46. The van der Waals surface area contributed by atoms with E-state index in [1.807, 2.05) is 6.92 Å². The van der Waals surface area contributed by atoms with Crippen molar-refractivity contribution < 1.29 is 19.4 Å². The third-order valence-electron chi connectivity index (χ3n) is 4.21. The lowest BCUT2D eigenvalue weighted by Crippen LogP contribution is -2.43. The van der Waals surface area contributed by atoms with Crippen molar-refractivity contribution in [2.45, 2.75) is 77.9 Å². The first kappa shape index (κ1) is 18.9. The highest BCUT2D eigenvalue weighted by Crippen LogP contribution is 2.24. The molecule has 0 bridgehead atoms. The Morgan fingerprint density at radius 1 is 1.18 bits per heavy atom. The zero-order valence-corrected chi connectivity index (χ0v) is 14.1. The number of nitrogens with one attached hydrogen (secondary N) is 1. The minimum Gasteiger partial charge on any atom is -0.481 e. The van der Waals surface area contributed by atoms with E-state index in [0.29, 0.717) is 25.4 Å². The van der Waals surface area contributed by atoms with E-state index in [4.69, 9.17) is 4.74 Å². The van der Waals surface area contributed by atoms with Crippen LogP contribution < -0.4 is 5.32 Å². The van der Waals surface area contributed by atoms with E-state index in [1.165, 1.54) is 0 Å². The summed E-state index contributed by atoms with van der Waals surface area (Å²) in [5.41, 5.74) is 0. The van der Waals surface area contributed by atoms with E-state index in [9.17, 15) is 14.7 Å². The van der Waals surface area contributed by atoms with Gasteiger partial charge in [-0.3, -0.25) is 9.59 Å². The molecule has 0 heterocycles. The van der Waals surface area contributed by atoms with Crippen LogP contribution in [0.1, 0.15) is 65.7 Å². The predicted octanol–water partition coefficient (Wildman–Crippen LogP) is 2.98. The first-order chi connectivity index (χ1) is 10.4. The molecule has 5 nitrogen and oxygen atoms in total. The molecule has 1 fully saturated rings. The standard InChI is InChI=1S/C17H31NO4/c1-12(2)11-13(3)22-10-9-16(19)18-15-8-6-4-5-7-14(15)17(20)21/h12-15H,4-11H2,1-3H3,(H,18,19)(H,20,21)/t13?,14-,15+/m1/s1. The van der Waals surface area contributed by atoms with Crippen molar-refractivity contribution in [1.29, 1.82) is 0 Å². The van der Waals surface area contributed by atoms with Crippen molar-refractivity contribution in [2.75, 3.05) is 6.61 Å². The smallest absolute Gasteiger partial charge is 0.308 e. The second-order valence-corrected chi connectivity index (χ2v) is 6.82. The van der Waals surface area contributed by atoms with E-state index in [0.717, 1.165) is 32.1 Å². The molecule has 1 rings (SSSR count). The summed E-state index contributed by atoms with van der Waals surface area (Å²) in [6, 6.07) is -0.236. The molecule has 1 unspecified atom stereocenters. The van der Waals surface area contributed by atoms with Crippen molar-refractivity contribution in [3.63, 3.8) is 0 Å². The molecule has 1 aliphatic rings. The highest BCUT2D eigenvalue weighted by molar-refractivity contribution is 5.78.